The Labute approximate surface area is 146 Å². The van der Waals surface area contributed by atoms with Crippen LogP contribution in [0.5, 0.6) is 0 Å². The average Bonchev–Trinajstić information content (AvgIpc) is 3.20. The van der Waals surface area contributed by atoms with Gasteiger partial charge in [0.2, 0.25) is 11.8 Å². The van der Waals surface area contributed by atoms with Gasteiger partial charge in [-0.3, -0.25) is 4.79 Å². The van der Waals surface area contributed by atoms with Gasteiger partial charge < -0.3 is 14.0 Å². The summed E-state index contributed by atoms with van der Waals surface area (Å²) in [4.78, 5) is 19.1. The summed E-state index contributed by atoms with van der Waals surface area (Å²) in [6, 6.07) is 8.21. The molecule has 1 atom stereocenters. The molecule has 1 aromatic carbocycles. The molecule has 0 N–H and O–H groups in total. The van der Waals surface area contributed by atoms with Gasteiger partial charge in [-0.2, -0.15) is 4.98 Å². The van der Waals surface area contributed by atoms with Crippen LogP contribution in [0, 0.1) is 13.8 Å². The molecule has 6 nitrogen and oxygen atoms in total. The van der Waals surface area contributed by atoms with Crippen LogP contribution >= 0.6 is 0 Å². The molecule has 3 heterocycles. The summed E-state index contributed by atoms with van der Waals surface area (Å²) in [5.74, 6) is 1.61. The largest absolute Gasteiger partial charge is 0.340 e. The second-order valence-electron chi connectivity index (χ2n) is 6.81. The summed E-state index contributed by atoms with van der Waals surface area (Å²) in [5, 5.41) is 5.24. The number of benzene rings is 1. The third kappa shape index (κ3) is 3.04. The highest BCUT2D eigenvalue weighted by Gasteiger charge is 2.28. The molecular weight excluding hydrogens is 316 g/mol. The molecule has 6 heteroatoms. The summed E-state index contributed by atoms with van der Waals surface area (Å²) in [5.41, 5.74) is 2.30. The molecule has 0 aliphatic carbocycles. The van der Waals surface area contributed by atoms with Crippen molar-refractivity contribution in [2.24, 2.45) is 0 Å². The van der Waals surface area contributed by atoms with E-state index in [-0.39, 0.29) is 11.8 Å². The lowest BCUT2D eigenvalue weighted by Crippen LogP contribution is -2.41. The predicted octanol–water partition coefficient (Wildman–Crippen LogP) is 3.05. The molecule has 1 fully saturated rings. The van der Waals surface area contributed by atoms with Gasteiger partial charge in [0.05, 0.1) is 0 Å². The summed E-state index contributed by atoms with van der Waals surface area (Å²) < 4.78 is 7.14. The number of carbonyl (C=O) groups excluding carboxylic acids is 1. The first-order chi connectivity index (χ1) is 12.1. The van der Waals surface area contributed by atoms with Crippen molar-refractivity contribution in [3.63, 3.8) is 0 Å². The highest BCUT2D eigenvalue weighted by Crippen LogP contribution is 2.26. The van der Waals surface area contributed by atoms with E-state index in [0.717, 1.165) is 30.7 Å². The number of likely N-dealkylation sites (tertiary alicyclic amines) is 1. The number of carbonyl (C=O) groups is 1. The molecule has 2 aromatic heterocycles. The van der Waals surface area contributed by atoms with E-state index in [1.165, 1.54) is 10.9 Å². The Morgan fingerprint density at radius 1 is 1.32 bits per heavy atom. The molecule has 1 amide bonds. The fourth-order valence-corrected chi connectivity index (χ4v) is 3.70. The number of para-hydroxylation sites is 1. The van der Waals surface area contributed by atoms with Gasteiger partial charge in [-0.1, -0.05) is 23.4 Å². The van der Waals surface area contributed by atoms with Crippen molar-refractivity contribution in [3.05, 3.63) is 47.7 Å². The summed E-state index contributed by atoms with van der Waals surface area (Å²) in [6.45, 7) is 5.70. The molecule has 0 saturated carbocycles. The number of fused-ring (bicyclic) bond motifs is 1. The Morgan fingerprint density at radius 2 is 2.16 bits per heavy atom. The number of aryl methyl sites for hydroxylation is 2. The van der Waals surface area contributed by atoms with Crippen molar-refractivity contribution in [2.45, 2.75) is 39.2 Å². The lowest BCUT2D eigenvalue weighted by atomic mass is 9.97. The van der Waals surface area contributed by atoms with Crippen LogP contribution in [0.3, 0.4) is 0 Å². The van der Waals surface area contributed by atoms with E-state index >= 15 is 0 Å². The molecule has 4 rings (SSSR count). The molecule has 1 saturated heterocycles. The van der Waals surface area contributed by atoms with Crippen molar-refractivity contribution >= 4 is 16.8 Å². The van der Waals surface area contributed by atoms with Gasteiger partial charge >= 0.3 is 0 Å². The third-order valence-corrected chi connectivity index (χ3v) is 4.98. The van der Waals surface area contributed by atoms with Gasteiger partial charge in [0.15, 0.2) is 5.82 Å². The molecule has 25 heavy (non-hydrogen) atoms. The van der Waals surface area contributed by atoms with Gasteiger partial charge in [-0.25, -0.2) is 0 Å². The maximum absolute atomic E-state index is 12.8. The predicted molar refractivity (Wildman–Crippen MR) is 94.3 cm³/mol. The number of amides is 1. The minimum Gasteiger partial charge on any atom is -0.340 e. The van der Waals surface area contributed by atoms with Crippen LogP contribution in [0.15, 0.2) is 35.0 Å². The number of rotatable bonds is 3. The van der Waals surface area contributed by atoms with E-state index in [0.29, 0.717) is 19.0 Å². The molecule has 1 aliphatic heterocycles. The smallest absolute Gasteiger partial charge is 0.242 e. The van der Waals surface area contributed by atoms with E-state index in [4.69, 9.17) is 4.52 Å². The second kappa shape index (κ2) is 6.35. The van der Waals surface area contributed by atoms with Gasteiger partial charge in [0.25, 0.3) is 0 Å². The van der Waals surface area contributed by atoms with Crippen molar-refractivity contribution in [2.75, 3.05) is 13.1 Å². The fourth-order valence-electron chi connectivity index (χ4n) is 3.70. The number of aromatic nitrogens is 3. The average molecular weight is 338 g/mol. The van der Waals surface area contributed by atoms with Gasteiger partial charge in [0, 0.05) is 43.0 Å². The molecule has 130 valence electrons. The van der Waals surface area contributed by atoms with E-state index in [1.54, 1.807) is 6.92 Å². The first kappa shape index (κ1) is 15.9. The van der Waals surface area contributed by atoms with E-state index in [9.17, 15) is 4.79 Å². The monoisotopic (exact) mass is 338 g/mol. The number of piperidine rings is 1. The van der Waals surface area contributed by atoms with E-state index in [2.05, 4.69) is 40.0 Å². The summed E-state index contributed by atoms with van der Waals surface area (Å²) >= 11 is 0. The van der Waals surface area contributed by atoms with Crippen LogP contribution in [0.1, 0.15) is 36.0 Å². The van der Waals surface area contributed by atoms with Crippen molar-refractivity contribution in [3.8, 4) is 0 Å². The number of nitrogens with zero attached hydrogens (tertiary/aromatic N) is 4. The lowest BCUT2D eigenvalue weighted by Gasteiger charge is -2.31. The quantitative estimate of drug-likeness (QED) is 0.736. The molecule has 3 aromatic rings. The fraction of sp³-hybridized carbons (Fsp3) is 0.421. The third-order valence-electron chi connectivity index (χ3n) is 4.98. The topological polar surface area (TPSA) is 64.2 Å². The Morgan fingerprint density at radius 3 is 2.96 bits per heavy atom. The van der Waals surface area contributed by atoms with Crippen LogP contribution in [0.4, 0.5) is 0 Å². The molecule has 0 radical (unpaired) electrons. The Hall–Kier alpha value is -2.63. The molecule has 0 bridgehead atoms. The Balaban J connectivity index is 1.50. The maximum Gasteiger partial charge on any atom is 0.242 e. The van der Waals surface area contributed by atoms with E-state index in [1.807, 2.05) is 17.0 Å². The highest BCUT2D eigenvalue weighted by molar-refractivity contribution is 5.86. The van der Waals surface area contributed by atoms with Gasteiger partial charge in [-0.15, -0.1) is 0 Å². The Kier molecular flexibility index (Phi) is 4.03. The number of hydrogen-bond acceptors (Lipinski definition) is 4. The standard InChI is InChI=1S/C19H22N4O2/c1-13-10-23(17-8-4-3-7-16(13)17)12-18(24)22-9-5-6-15(11-22)19-20-14(2)25-21-19/h3-4,7-8,10,15H,5-6,9,11-12H2,1-2H3/t15-/m1/s1. The molecule has 0 spiro atoms. The molecular formula is C19H22N4O2. The highest BCUT2D eigenvalue weighted by atomic mass is 16.5. The molecule has 0 unspecified atom stereocenters. The Bertz CT molecular complexity index is 911. The van der Waals surface area contributed by atoms with Crippen LogP contribution in [0.2, 0.25) is 0 Å². The lowest BCUT2D eigenvalue weighted by molar-refractivity contribution is -0.133. The summed E-state index contributed by atoms with van der Waals surface area (Å²) in [6.07, 6.45) is 4.02. The van der Waals surface area contributed by atoms with Crippen molar-refractivity contribution in [1.29, 1.82) is 0 Å². The number of hydrogen-bond donors (Lipinski definition) is 0. The van der Waals surface area contributed by atoms with Crippen molar-refractivity contribution in [1.82, 2.24) is 19.6 Å². The van der Waals surface area contributed by atoms with Gasteiger partial charge in [-0.05, 0) is 31.4 Å². The van der Waals surface area contributed by atoms with Crippen molar-refractivity contribution < 1.29 is 9.32 Å². The molecule has 1 aliphatic rings. The zero-order chi connectivity index (χ0) is 17.4. The second-order valence-corrected chi connectivity index (χ2v) is 6.81. The minimum atomic E-state index is 0.144. The SMILES string of the molecule is Cc1nc([C@@H]2CCCN(C(=O)Cn3cc(C)c4ccccc43)C2)no1. The maximum atomic E-state index is 12.8. The summed E-state index contributed by atoms with van der Waals surface area (Å²) in [7, 11) is 0. The van der Waals surface area contributed by atoms with Crippen LogP contribution in [-0.2, 0) is 11.3 Å². The van der Waals surface area contributed by atoms with Crippen LogP contribution < -0.4 is 0 Å². The first-order valence-corrected chi connectivity index (χ1v) is 8.74. The van der Waals surface area contributed by atoms with Crippen LogP contribution in [-0.4, -0.2) is 38.6 Å². The zero-order valence-electron chi connectivity index (χ0n) is 14.6. The van der Waals surface area contributed by atoms with Gasteiger partial charge in [0.1, 0.15) is 6.54 Å². The van der Waals surface area contributed by atoms with E-state index < -0.39 is 0 Å². The first-order valence-electron chi connectivity index (χ1n) is 8.74. The zero-order valence-corrected chi connectivity index (χ0v) is 14.6. The van der Waals surface area contributed by atoms with Crippen LogP contribution in [0.25, 0.3) is 10.9 Å². The normalized spacial score (nSPS) is 18.0. The minimum absolute atomic E-state index is 0.144.